The van der Waals surface area contributed by atoms with E-state index in [2.05, 4.69) is 88.4 Å². The molecule has 0 bridgehead atoms. The van der Waals surface area contributed by atoms with Crippen molar-refractivity contribution in [3.8, 4) is 11.1 Å². The zero-order valence-corrected chi connectivity index (χ0v) is 23.7. The molecule has 0 fully saturated rings. The molecule has 0 amide bonds. The maximum Gasteiger partial charge on any atom is 0.270 e. The molecule has 0 saturated heterocycles. The van der Waals surface area contributed by atoms with Gasteiger partial charge in [-0.05, 0) is 65.5 Å². The third-order valence-corrected chi connectivity index (χ3v) is 7.99. The lowest BCUT2D eigenvalue weighted by atomic mass is 9.95. The van der Waals surface area contributed by atoms with Gasteiger partial charge in [-0.25, -0.2) is 9.98 Å². The average molecular weight is 538 g/mol. The number of aryl methyl sites for hydroxylation is 4. The fraction of sp³-hybridized carbons (Fsp3) is 0.167. The first-order valence-corrected chi connectivity index (χ1v) is 14.1. The van der Waals surface area contributed by atoms with Gasteiger partial charge >= 0.3 is 0 Å². The first-order valence-electron chi connectivity index (χ1n) is 14.1. The first kappa shape index (κ1) is 26.3. The summed E-state index contributed by atoms with van der Waals surface area (Å²) in [5.41, 5.74) is 12.2. The Hall–Kier alpha value is -4.90. The van der Waals surface area contributed by atoms with Crippen molar-refractivity contribution in [2.45, 2.75) is 40.5 Å². The molecule has 5 aromatic carbocycles. The highest BCUT2D eigenvalue weighted by Crippen LogP contribution is 2.41. The second-order valence-corrected chi connectivity index (χ2v) is 10.5. The van der Waals surface area contributed by atoms with E-state index >= 15 is 0 Å². The van der Waals surface area contributed by atoms with Crippen molar-refractivity contribution in [1.82, 2.24) is 0 Å². The molecule has 0 heterocycles. The van der Waals surface area contributed by atoms with Gasteiger partial charge in [-0.1, -0.05) is 92.7 Å². The zero-order valence-electron chi connectivity index (χ0n) is 23.7. The number of rotatable bonds is 6. The number of nitro benzene ring substituents is 1. The lowest BCUT2D eigenvalue weighted by Gasteiger charge is -2.11. The van der Waals surface area contributed by atoms with E-state index in [-0.39, 0.29) is 10.6 Å². The number of nitro groups is 1. The van der Waals surface area contributed by atoms with E-state index in [4.69, 9.17) is 9.98 Å². The zero-order chi connectivity index (χ0) is 28.7. The molecule has 0 saturated carbocycles. The summed E-state index contributed by atoms with van der Waals surface area (Å²) in [5.74, 6) is 0. The summed E-state index contributed by atoms with van der Waals surface area (Å²) in [5, 5.41) is 13.6. The molecule has 5 aromatic rings. The molecule has 202 valence electrons. The largest absolute Gasteiger partial charge is 0.270 e. The van der Waals surface area contributed by atoms with Gasteiger partial charge in [0.25, 0.3) is 5.69 Å². The Labute approximate surface area is 240 Å². The summed E-state index contributed by atoms with van der Waals surface area (Å²) in [6.07, 6.45) is 1.76. The molecule has 0 radical (unpaired) electrons. The number of hydrogen-bond acceptors (Lipinski definition) is 4. The van der Waals surface area contributed by atoms with Crippen molar-refractivity contribution in [1.29, 1.82) is 0 Å². The minimum atomic E-state index is -0.347. The molecular formula is C36H31N3O2. The third-order valence-electron chi connectivity index (χ3n) is 7.99. The van der Waals surface area contributed by atoms with Crippen molar-refractivity contribution in [2.75, 3.05) is 0 Å². The van der Waals surface area contributed by atoms with Gasteiger partial charge in [-0.15, -0.1) is 0 Å². The van der Waals surface area contributed by atoms with Crippen molar-refractivity contribution in [3.05, 3.63) is 134 Å². The van der Waals surface area contributed by atoms with Crippen LogP contribution >= 0.6 is 0 Å². The van der Waals surface area contributed by atoms with E-state index in [1.54, 1.807) is 12.1 Å². The normalized spacial score (nSPS) is 14.3. The first-order chi connectivity index (χ1) is 19.9. The van der Waals surface area contributed by atoms with Crippen LogP contribution in [0.1, 0.15) is 47.2 Å². The van der Waals surface area contributed by atoms with E-state index in [0.29, 0.717) is 0 Å². The van der Waals surface area contributed by atoms with Crippen LogP contribution in [0.2, 0.25) is 0 Å². The standard InChI is InChI=1S/C36H31N3O2/c1-5-24-13-7-11-22(3)33(24)37-35-30-18-10-17-29-28(26-15-9-16-27(21-26)39(40)41)19-20-31(32(29)30)36(35)38-34-23(4)12-8-14-25(34)6-2/h7-21H,5-6H2,1-4H3. The predicted molar refractivity (Wildman–Crippen MR) is 170 cm³/mol. The lowest BCUT2D eigenvalue weighted by Crippen LogP contribution is -2.11. The van der Waals surface area contributed by atoms with E-state index in [0.717, 1.165) is 79.8 Å². The van der Waals surface area contributed by atoms with Crippen LogP contribution in [0, 0.1) is 24.0 Å². The fourth-order valence-electron chi connectivity index (χ4n) is 5.88. The van der Waals surface area contributed by atoms with Crippen LogP contribution in [0.5, 0.6) is 0 Å². The minimum Gasteiger partial charge on any atom is -0.258 e. The van der Waals surface area contributed by atoms with E-state index < -0.39 is 0 Å². The molecule has 0 aliphatic heterocycles. The summed E-state index contributed by atoms with van der Waals surface area (Å²) < 4.78 is 0. The number of nitrogens with zero attached hydrogens (tertiary/aromatic N) is 3. The van der Waals surface area contributed by atoms with E-state index in [9.17, 15) is 10.1 Å². The molecule has 41 heavy (non-hydrogen) atoms. The Morgan fingerprint density at radius 2 is 1.20 bits per heavy atom. The Balaban J connectivity index is 1.67. The van der Waals surface area contributed by atoms with Crippen molar-refractivity contribution >= 4 is 39.3 Å². The molecular weight excluding hydrogens is 506 g/mol. The summed E-state index contributed by atoms with van der Waals surface area (Å²) in [6, 6.07) is 29.9. The monoisotopic (exact) mass is 537 g/mol. The van der Waals surface area contributed by atoms with Crippen LogP contribution in [0.4, 0.5) is 17.1 Å². The predicted octanol–water partition coefficient (Wildman–Crippen LogP) is 9.41. The third kappa shape index (κ3) is 4.53. The van der Waals surface area contributed by atoms with Crippen LogP contribution in [0.15, 0.2) is 101 Å². The molecule has 0 aromatic heterocycles. The van der Waals surface area contributed by atoms with Gasteiger partial charge < -0.3 is 0 Å². The highest BCUT2D eigenvalue weighted by Gasteiger charge is 2.29. The molecule has 5 nitrogen and oxygen atoms in total. The van der Waals surface area contributed by atoms with Crippen molar-refractivity contribution in [2.24, 2.45) is 9.98 Å². The number of benzene rings is 5. The van der Waals surface area contributed by atoms with Gasteiger partial charge in [0.1, 0.15) is 0 Å². The molecule has 0 unspecified atom stereocenters. The van der Waals surface area contributed by atoms with Gasteiger partial charge in [-0.2, -0.15) is 0 Å². The van der Waals surface area contributed by atoms with Gasteiger partial charge in [0, 0.05) is 28.6 Å². The summed E-state index contributed by atoms with van der Waals surface area (Å²) in [4.78, 5) is 21.9. The van der Waals surface area contributed by atoms with Crippen molar-refractivity contribution < 1.29 is 4.92 Å². The number of hydrogen-bond donors (Lipinski definition) is 0. The number of non-ortho nitro benzene ring substituents is 1. The van der Waals surface area contributed by atoms with Gasteiger partial charge in [0.15, 0.2) is 0 Å². The van der Waals surface area contributed by atoms with Crippen LogP contribution in [0.3, 0.4) is 0 Å². The van der Waals surface area contributed by atoms with E-state index in [1.165, 1.54) is 17.2 Å². The second kappa shape index (κ2) is 10.6. The van der Waals surface area contributed by atoms with Gasteiger partial charge in [0.05, 0.1) is 27.7 Å². The quantitative estimate of drug-likeness (QED) is 0.160. The molecule has 0 spiro atoms. The minimum absolute atomic E-state index is 0.0774. The summed E-state index contributed by atoms with van der Waals surface area (Å²) >= 11 is 0. The van der Waals surface area contributed by atoms with Crippen LogP contribution in [-0.4, -0.2) is 16.3 Å². The van der Waals surface area contributed by atoms with E-state index in [1.807, 2.05) is 12.1 Å². The maximum absolute atomic E-state index is 11.5. The maximum atomic E-state index is 11.5. The molecule has 1 aliphatic carbocycles. The smallest absolute Gasteiger partial charge is 0.258 e. The molecule has 0 N–H and O–H groups in total. The lowest BCUT2D eigenvalue weighted by molar-refractivity contribution is -0.384. The Bertz CT molecular complexity index is 1840. The molecule has 5 heteroatoms. The SMILES string of the molecule is CCc1cccc(C)c1N=C1C(=Nc2c(C)cccc2CC)c2ccc(-c3cccc([N+](=O)[O-])c3)c3cccc1c23. The summed E-state index contributed by atoms with van der Waals surface area (Å²) in [7, 11) is 0. The Morgan fingerprint density at radius 1 is 0.659 bits per heavy atom. The fourth-order valence-corrected chi connectivity index (χ4v) is 5.88. The number of aliphatic imine (C=N–C) groups is 2. The highest BCUT2D eigenvalue weighted by molar-refractivity contribution is 6.61. The Morgan fingerprint density at radius 3 is 1.78 bits per heavy atom. The van der Waals surface area contributed by atoms with Gasteiger partial charge in [0.2, 0.25) is 0 Å². The Kier molecular flexibility index (Phi) is 6.80. The van der Waals surface area contributed by atoms with Crippen molar-refractivity contribution in [3.63, 3.8) is 0 Å². The summed E-state index contributed by atoms with van der Waals surface area (Å²) in [6.45, 7) is 8.53. The molecule has 6 rings (SSSR count). The van der Waals surface area contributed by atoms with Crippen LogP contribution in [0.25, 0.3) is 21.9 Å². The average Bonchev–Trinajstić information content (AvgIpc) is 3.28. The topological polar surface area (TPSA) is 67.9 Å². The molecule has 1 aliphatic rings. The van der Waals surface area contributed by atoms with Gasteiger partial charge in [-0.3, -0.25) is 10.1 Å². The number of para-hydroxylation sites is 2. The molecule has 0 atom stereocenters. The van der Waals surface area contributed by atoms with Crippen LogP contribution in [-0.2, 0) is 12.8 Å². The second-order valence-electron chi connectivity index (χ2n) is 10.5. The van der Waals surface area contributed by atoms with Crippen LogP contribution < -0.4 is 0 Å². The highest BCUT2D eigenvalue weighted by atomic mass is 16.6.